The van der Waals surface area contributed by atoms with E-state index in [-0.39, 0.29) is 0 Å². The van der Waals surface area contributed by atoms with Crippen molar-refractivity contribution in [3.63, 3.8) is 0 Å². The predicted octanol–water partition coefficient (Wildman–Crippen LogP) is 4.86. The van der Waals surface area contributed by atoms with Crippen LogP contribution in [0, 0.1) is 23.3 Å². The highest BCUT2D eigenvalue weighted by atomic mass is 19.4. The van der Waals surface area contributed by atoms with E-state index in [0.29, 0.717) is 0 Å². The molecule has 0 saturated carbocycles. The molecule has 0 radical (unpaired) electrons. The van der Waals surface area contributed by atoms with Crippen LogP contribution in [0.1, 0.15) is 17.5 Å². The van der Waals surface area contributed by atoms with E-state index >= 15 is 0 Å². The van der Waals surface area contributed by atoms with Gasteiger partial charge < -0.3 is 5.11 Å². The molecule has 1 N–H and O–H groups in total. The number of hydrogen-bond donors (Lipinski definition) is 1. The van der Waals surface area contributed by atoms with Gasteiger partial charge in [0.2, 0.25) is 5.78 Å². The zero-order valence-electron chi connectivity index (χ0n) is 12.4. The van der Waals surface area contributed by atoms with Gasteiger partial charge in [-0.2, -0.15) is 26.3 Å². The second-order valence-corrected chi connectivity index (χ2v) is 5.42. The largest absolute Gasteiger partial charge is 0.507 e. The van der Waals surface area contributed by atoms with E-state index in [1.54, 1.807) is 0 Å². The molecule has 0 heterocycles. The number of carbonyl (C=O) groups excluding carboxylic acids is 1. The number of hydrogen-bond acceptors (Lipinski definition) is 2. The summed E-state index contributed by atoms with van der Waals surface area (Å²) in [6.07, 6.45) is -16.1. The van der Waals surface area contributed by atoms with Crippen LogP contribution < -0.4 is 0 Å². The van der Waals surface area contributed by atoms with Crippen LogP contribution in [0.2, 0.25) is 0 Å². The molecule has 2 nitrogen and oxygen atoms in total. The highest BCUT2D eigenvalue weighted by Crippen LogP contribution is 2.49. The SMILES string of the molecule is O=C(C1=C(O)c2c(F)c(F)c(F)c(F)c2CC1)C(F)(C(F)(F)F)C(F)(F)F. The van der Waals surface area contributed by atoms with Crippen LogP contribution >= 0.6 is 0 Å². The number of rotatable bonds is 2. The first-order valence-electron chi connectivity index (χ1n) is 6.71. The summed E-state index contributed by atoms with van der Waals surface area (Å²) in [7, 11) is 0. The molecule has 0 saturated heterocycles. The van der Waals surface area contributed by atoms with Crippen molar-refractivity contribution >= 4 is 11.5 Å². The maximum atomic E-state index is 13.8. The van der Waals surface area contributed by atoms with E-state index in [1.165, 1.54) is 0 Å². The van der Waals surface area contributed by atoms with Gasteiger partial charge in [-0.1, -0.05) is 0 Å². The summed E-state index contributed by atoms with van der Waals surface area (Å²) < 4.78 is 143. The third kappa shape index (κ3) is 2.83. The van der Waals surface area contributed by atoms with Crippen LogP contribution in [0.25, 0.3) is 5.76 Å². The highest BCUT2D eigenvalue weighted by molar-refractivity contribution is 6.08. The Bertz CT molecular complexity index is 834. The summed E-state index contributed by atoms with van der Waals surface area (Å²) in [5.41, 5.74) is -11.2. The van der Waals surface area contributed by atoms with Gasteiger partial charge in [0.15, 0.2) is 23.3 Å². The molecule has 0 unspecified atom stereocenters. The van der Waals surface area contributed by atoms with Crippen molar-refractivity contribution in [1.82, 2.24) is 0 Å². The third-order valence-electron chi connectivity index (χ3n) is 3.88. The fraction of sp³-hybridized carbons (Fsp3) is 0.357. The van der Waals surface area contributed by atoms with Gasteiger partial charge in [-0.05, 0) is 12.8 Å². The van der Waals surface area contributed by atoms with Crippen molar-refractivity contribution in [2.24, 2.45) is 0 Å². The minimum absolute atomic E-state index is 1.10. The number of ketones is 1. The minimum Gasteiger partial charge on any atom is -0.507 e. The maximum absolute atomic E-state index is 13.8. The Morgan fingerprint density at radius 3 is 1.63 bits per heavy atom. The van der Waals surface area contributed by atoms with Gasteiger partial charge in [-0.15, -0.1) is 0 Å². The van der Waals surface area contributed by atoms with Gasteiger partial charge in [0.25, 0.3) is 0 Å². The Kier molecular flexibility index (Phi) is 4.73. The Hall–Kier alpha value is -2.34. The molecule has 27 heavy (non-hydrogen) atoms. The van der Waals surface area contributed by atoms with E-state index in [2.05, 4.69) is 0 Å². The molecule has 0 bridgehead atoms. The summed E-state index contributed by atoms with van der Waals surface area (Å²) in [6.45, 7) is 0. The summed E-state index contributed by atoms with van der Waals surface area (Å²) in [6, 6.07) is 0. The zero-order chi connectivity index (χ0) is 21.1. The Balaban J connectivity index is 2.77. The summed E-state index contributed by atoms with van der Waals surface area (Å²) in [4.78, 5) is 11.7. The van der Waals surface area contributed by atoms with E-state index in [1.807, 2.05) is 0 Å². The number of fused-ring (bicyclic) bond motifs is 1. The molecule has 0 atom stereocenters. The first kappa shape index (κ1) is 21.0. The molecule has 0 amide bonds. The van der Waals surface area contributed by atoms with Crippen molar-refractivity contribution in [1.29, 1.82) is 0 Å². The number of benzene rings is 1. The lowest BCUT2D eigenvalue weighted by Gasteiger charge is -2.30. The highest BCUT2D eigenvalue weighted by Gasteiger charge is 2.77. The van der Waals surface area contributed by atoms with Crippen molar-refractivity contribution < 1.29 is 58.2 Å². The van der Waals surface area contributed by atoms with Crippen molar-refractivity contribution in [2.75, 3.05) is 0 Å². The van der Waals surface area contributed by atoms with Gasteiger partial charge in [-0.25, -0.2) is 22.0 Å². The van der Waals surface area contributed by atoms with Crippen molar-refractivity contribution in [2.45, 2.75) is 30.9 Å². The molecule has 2 rings (SSSR count). The molecule has 1 aliphatic carbocycles. The maximum Gasteiger partial charge on any atom is 0.439 e. The van der Waals surface area contributed by atoms with Gasteiger partial charge in [0.1, 0.15) is 5.76 Å². The average Bonchev–Trinajstić information content (AvgIpc) is 2.54. The molecular weight excluding hydrogens is 409 g/mol. The average molecular weight is 414 g/mol. The number of allylic oxidation sites excluding steroid dienone is 1. The Morgan fingerprint density at radius 2 is 1.19 bits per heavy atom. The van der Waals surface area contributed by atoms with Crippen LogP contribution in [0.3, 0.4) is 0 Å². The number of aliphatic hydroxyl groups is 1. The molecule has 1 aromatic rings. The zero-order valence-corrected chi connectivity index (χ0v) is 12.4. The molecule has 150 valence electrons. The topological polar surface area (TPSA) is 37.3 Å². The van der Waals surface area contributed by atoms with Crippen LogP contribution in [-0.2, 0) is 11.2 Å². The second-order valence-electron chi connectivity index (χ2n) is 5.42. The monoisotopic (exact) mass is 414 g/mol. The van der Waals surface area contributed by atoms with Crippen molar-refractivity contribution in [3.8, 4) is 0 Å². The fourth-order valence-electron chi connectivity index (χ4n) is 2.53. The van der Waals surface area contributed by atoms with Crippen LogP contribution in [0.5, 0.6) is 0 Å². The standard InChI is InChI=1S/C14H5F11O2/c15-6-3-1-2-4(10(26)5(3)7(16)9(18)8(6)17)11(27)12(19,13(20,21)22)14(23,24)25/h26H,1-2H2. The van der Waals surface area contributed by atoms with Crippen LogP contribution in [0.4, 0.5) is 48.3 Å². The minimum atomic E-state index is -6.81. The first-order chi connectivity index (χ1) is 12.1. The quantitative estimate of drug-likeness (QED) is 0.427. The molecular formula is C14H5F11O2. The number of carbonyl (C=O) groups is 1. The Morgan fingerprint density at radius 1 is 0.741 bits per heavy atom. The normalized spacial score (nSPS) is 15.8. The van der Waals surface area contributed by atoms with Gasteiger partial charge >= 0.3 is 18.0 Å². The molecule has 0 spiro atoms. The number of aliphatic hydroxyl groups excluding tert-OH is 1. The Labute approximate surface area is 141 Å². The summed E-state index contributed by atoms with van der Waals surface area (Å²) in [5.74, 6) is -14.7. The third-order valence-corrected chi connectivity index (χ3v) is 3.88. The molecule has 13 heteroatoms. The smallest absolute Gasteiger partial charge is 0.439 e. The van der Waals surface area contributed by atoms with Gasteiger partial charge in [0.05, 0.1) is 5.56 Å². The molecule has 0 aromatic heterocycles. The lowest BCUT2D eigenvalue weighted by atomic mass is 9.82. The lowest BCUT2D eigenvalue weighted by molar-refractivity contribution is -0.324. The van der Waals surface area contributed by atoms with Crippen LogP contribution in [-0.4, -0.2) is 28.9 Å². The number of alkyl halides is 7. The molecule has 0 fully saturated rings. The van der Waals surface area contributed by atoms with E-state index in [9.17, 15) is 58.2 Å². The van der Waals surface area contributed by atoms with E-state index in [0.717, 1.165) is 0 Å². The van der Waals surface area contributed by atoms with Crippen LogP contribution in [0.15, 0.2) is 5.57 Å². The first-order valence-corrected chi connectivity index (χ1v) is 6.71. The lowest BCUT2D eigenvalue weighted by Crippen LogP contribution is -2.59. The number of halogens is 11. The fourth-order valence-corrected chi connectivity index (χ4v) is 2.53. The van der Waals surface area contributed by atoms with E-state index in [4.69, 9.17) is 0 Å². The van der Waals surface area contributed by atoms with Gasteiger partial charge in [-0.3, -0.25) is 4.79 Å². The summed E-state index contributed by atoms with van der Waals surface area (Å²) in [5, 5.41) is 9.67. The van der Waals surface area contributed by atoms with E-state index < -0.39 is 82.4 Å². The second kappa shape index (κ2) is 6.09. The predicted molar refractivity (Wildman–Crippen MR) is 65.1 cm³/mol. The number of Topliss-reactive ketones (excluding diaryl/α,β-unsaturated/α-hetero) is 1. The molecule has 1 aliphatic rings. The molecule has 1 aromatic carbocycles. The van der Waals surface area contributed by atoms with Gasteiger partial charge in [0, 0.05) is 11.1 Å². The van der Waals surface area contributed by atoms with Crippen molar-refractivity contribution in [3.05, 3.63) is 40.0 Å². The molecule has 0 aliphatic heterocycles. The summed E-state index contributed by atoms with van der Waals surface area (Å²) >= 11 is 0.